The Morgan fingerprint density at radius 1 is 1.58 bits per heavy atom. The highest BCUT2D eigenvalue weighted by atomic mass is 79.9. The third-order valence-corrected chi connectivity index (χ3v) is 1.83. The molecule has 1 aromatic rings. The number of halogens is 3. The molecule has 0 saturated carbocycles. The lowest BCUT2D eigenvalue weighted by Gasteiger charge is -2.00. The first-order valence-electron chi connectivity index (χ1n) is 3.04. The first-order valence-corrected chi connectivity index (χ1v) is 3.83. The van der Waals surface area contributed by atoms with Gasteiger partial charge in [0, 0.05) is 6.20 Å². The van der Waals surface area contributed by atoms with E-state index < -0.39 is 23.1 Å². The van der Waals surface area contributed by atoms with Crippen LogP contribution in [0.2, 0.25) is 0 Å². The van der Waals surface area contributed by atoms with Crippen molar-refractivity contribution in [3.63, 3.8) is 0 Å². The van der Waals surface area contributed by atoms with Crippen LogP contribution in [0.1, 0.15) is 17.3 Å². The highest BCUT2D eigenvalue weighted by Crippen LogP contribution is 2.19. The molecule has 12 heavy (non-hydrogen) atoms. The van der Waals surface area contributed by atoms with Gasteiger partial charge in [-0.15, -0.1) is 0 Å². The van der Waals surface area contributed by atoms with E-state index in [-0.39, 0.29) is 4.47 Å². The van der Waals surface area contributed by atoms with Crippen molar-refractivity contribution in [2.75, 3.05) is 0 Å². The Labute approximate surface area is 75.7 Å². The van der Waals surface area contributed by atoms with E-state index in [4.69, 9.17) is 0 Å². The fraction of sp³-hybridized carbons (Fsp3) is 0.143. The van der Waals surface area contributed by atoms with Gasteiger partial charge in [-0.05, 0) is 22.9 Å². The maximum absolute atomic E-state index is 13.0. The summed E-state index contributed by atoms with van der Waals surface area (Å²) < 4.78 is 25.6. The van der Waals surface area contributed by atoms with E-state index >= 15 is 0 Å². The summed E-state index contributed by atoms with van der Waals surface area (Å²) in [7, 11) is 0. The highest BCUT2D eigenvalue weighted by Gasteiger charge is 2.16. The van der Waals surface area contributed by atoms with Crippen LogP contribution in [-0.2, 0) is 0 Å². The second-order valence-corrected chi connectivity index (χ2v) is 3.00. The van der Waals surface area contributed by atoms with Gasteiger partial charge in [0.05, 0.1) is 4.47 Å². The van der Waals surface area contributed by atoms with Crippen LogP contribution < -0.4 is 0 Å². The molecule has 0 aromatic carbocycles. The minimum atomic E-state index is -1.08. The van der Waals surface area contributed by atoms with Gasteiger partial charge in [0.1, 0.15) is 5.56 Å². The minimum absolute atomic E-state index is 0.0194. The number of nitrogens with zero attached hydrogens (tertiary/aromatic N) is 1. The lowest BCUT2D eigenvalue weighted by molar-refractivity contribution is 0.100. The van der Waals surface area contributed by atoms with Crippen molar-refractivity contribution < 1.29 is 13.6 Å². The van der Waals surface area contributed by atoms with Crippen LogP contribution in [0.5, 0.6) is 0 Å². The molecule has 64 valence electrons. The van der Waals surface area contributed by atoms with Crippen molar-refractivity contribution in [3.05, 3.63) is 28.0 Å². The van der Waals surface area contributed by atoms with Crippen molar-refractivity contribution in [1.82, 2.24) is 4.98 Å². The van der Waals surface area contributed by atoms with Gasteiger partial charge in [0.2, 0.25) is 5.95 Å². The topological polar surface area (TPSA) is 30.0 Å². The summed E-state index contributed by atoms with van der Waals surface area (Å²) in [5.41, 5.74) is -0.607. The van der Waals surface area contributed by atoms with Crippen LogP contribution in [0.3, 0.4) is 0 Å². The third kappa shape index (κ3) is 1.50. The molecule has 0 fully saturated rings. The van der Waals surface area contributed by atoms with E-state index in [0.29, 0.717) is 0 Å². The minimum Gasteiger partial charge on any atom is -0.294 e. The summed E-state index contributed by atoms with van der Waals surface area (Å²) in [6.07, 6.45) is 0.969. The number of ketones is 1. The second-order valence-electron chi connectivity index (χ2n) is 2.14. The van der Waals surface area contributed by atoms with Gasteiger partial charge in [-0.25, -0.2) is 9.37 Å². The predicted molar refractivity (Wildman–Crippen MR) is 41.9 cm³/mol. The van der Waals surface area contributed by atoms with Crippen LogP contribution in [0.4, 0.5) is 8.78 Å². The number of hydrogen-bond acceptors (Lipinski definition) is 2. The van der Waals surface area contributed by atoms with Crippen LogP contribution in [-0.4, -0.2) is 10.8 Å². The van der Waals surface area contributed by atoms with Gasteiger partial charge in [-0.3, -0.25) is 4.79 Å². The van der Waals surface area contributed by atoms with E-state index in [0.717, 1.165) is 13.1 Å². The molecule has 0 radical (unpaired) electrons. The lowest BCUT2D eigenvalue weighted by Crippen LogP contribution is -2.04. The van der Waals surface area contributed by atoms with Crippen LogP contribution in [0, 0.1) is 11.8 Å². The van der Waals surface area contributed by atoms with E-state index in [1.54, 1.807) is 0 Å². The maximum atomic E-state index is 13.0. The Kier molecular flexibility index (Phi) is 2.52. The summed E-state index contributed by atoms with van der Waals surface area (Å²) in [6, 6.07) is 0. The quantitative estimate of drug-likeness (QED) is 0.553. The van der Waals surface area contributed by atoms with E-state index in [1.807, 2.05) is 0 Å². The Morgan fingerprint density at radius 2 is 2.17 bits per heavy atom. The monoisotopic (exact) mass is 235 g/mol. The summed E-state index contributed by atoms with van der Waals surface area (Å²) in [5, 5.41) is 0. The first kappa shape index (κ1) is 9.25. The molecule has 0 spiro atoms. The molecule has 0 unspecified atom stereocenters. The van der Waals surface area contributed by atoms with Crippen molar-refractivity contribution in [1.29, 1.82) is 0 Å². The zero-order valence-electron chi connectivity index (χ0n) is 6.07. The van der Waals surface area contributed by atoms with Gasteiger partial charge in [-0.2, -0.15) is 4.39 Å². The molecule has 1 heterocycles. The Morgan fingerprint density at radius 3 is 2.58 bits per heavy atom. The standard InChI is InChI=1S/C7H4BrF2NO/c1-3(12)5-6(9)4(8)2-11-7(5)10/h2H,1H3. The molecule has 0 aliphatic carbocycles. The molecular weight excluding hydrogens is 232 g/mol. The Hall–Kier alpha value is -0.840. The highest BCUT2D eigenvalue weighted by molar-refractivity contribution is 9.10. The number of carbonyl (C=O) groups excluding carboxylic acids is 1. The molecule has 1 aromatic heterocycles. The summed E-state index contributed by atoms with van der Waals surface area (Å²) in [5.74, 6) is -2.67. The van der Waals surface area contributed by atoms with Gasteiger partial charge >= 0.3 is 0 Å². The molecule has 0 atom stereocenters. The maximum Gasteiger partial charge on any atom is 0.226 e. The molecule has 0 N–H and O–H groups in total. The first-order chi connectivity index (χ1) is 5.54. The third-order valence-electron chi connectivity index (χ3n) is 1.28. The molecule has 0 amide bonds. The normalized spacial score (nSPS) is 10.0. The van der Waals surface area contributed by atoms with Gasteiger partial charge in [0.15, 0.2) is 11.6 Å². The molecular formula is C7H4BrF2NO. The molecule has 2 nitrogen and oxygen atoms in total. The Bertz CT molecular complexity index is 340. The summed E-state index contributed by atoms with van der Waals surface area (Å²) >= 11 is 2.79. The van der Waals surface area contributed by atoms with E-state index in [2.05, 4.69) is 20.9 Å². The molecule has 5 heteroatoms. The van der Waals surface area contributed by atoms with Crippen molar-refractivity contribution in [3.8, 4) is 0 Å². The fourth-order valence-corrected chi connectivity index (χ4v) is 1.04. The second kappa shape index (κ2) is 3.26. The SMILES string of the molecule is CC(=O)c1c(F)ncc(Br)c1F. The average molecular weight is 236 g/mol. The molecule has 0 saturated heterocycles. The summed E-state index contributed by atoms with van der Waals surface area (Å²) in [4.78, 5) is 13.9. The zero-order chi connectivity index (χ0) is 9.30. The number of carbonyl (C=O) groups is 1. The molecule has 0 aliphatic heterocycles. The number of Topliss-reactive ketones (excluding diaryl/α,β-unsaturated/α-hetero) is 1. The fourth-order valence-electron chi connectivity index (χ4n) is 0.744. The molecule has 0 aliphatic rings. The number of aromatic nitrogens is 1. The largest absolute Gasteiger partial charge is 0.294 e. The molecule has 1 rings (SSSR count). The Balaban J connectivity index is 3.43. The number of pyridine rings is 1. The van der Waals surface area contributed by atoms with Crippen molar-refractivity contribution in [2.45, 2.75) is 6.92 Å². The number of hydrogen-bond donors (Lipinski definition) is 0. The van der Waals surface area contributed by atoms with Gasteiger partial charge < -0.3 is 0 Å². The number of rotatable bonds is 1. The lowest BCUT2D eigenvalue weighted by atomic mass is 10.2. The van der Waals surface area contributed by atoms with Gasteiger partial charge in [0.25, 0.3) is 0 Å². The van der Waals surface area contributed by atoms with Crippen molar-refractivity contribution >= 4 is 21.7 Å². The average Bonchev–Trinajstić information content (AvgIpc) is 1.97. The van der Waals surface area contributed by atoms with Crippen LogP contribution in [0.25, 0.3) is 0 Å². The summed E-state index contributed by atoms with van der Waals surface area (Å²) in [6.45, 7) is 1.08. The van der Waals surface area contributed by atoms with Crippen molar-refractivity contribution in [2.24, 2.45) is 0 Å². The predicted octanol–water partition coefficient (Wildman–Crippen LogP) is 2.32. The van der Waals surface area contributed by atoms with Crippen LogP contribution >= 0.6 is 15.9 Å². The zero-order valence-corrected chi connectivity index (χ0v) is 7.65. The van der Waals surface area contributed by atoms with Gasteiger partial charge in [-0.1, -0.05) is 0 Å². The smallest absolute Gasteiger partial charge is 0.226 e. The van der Waals surface area contributed by atoms with Crippen LogP contribution in [0.15, 0.2) is 10.7 Å². The molecule has 0 bridgehead atoms. The van der Waals surface area contributed by atoms with E-state index in [9.17, 15) is 13.6 Å². The van der Waals surface area contributed by atoms with E-state index in [1.165, 1.54) is 0 Å².